The second kappa shape index (κ2) is 23.2. The second-order valence-corrected chi connectivity index (χ2v) is 14.6. The number of nitrogens with zero attached hydrogens (tertiary/aromatic N) is 1. The third-order valence-electron chi connectivity index (χ3n) is 10.2. The summed E-state index contributed by atoms with van der Waals surface area (Å²) >= 11 is 0. The molecular weight excluding hydrogens is 693 g/mol. The molecule has 1 saturated heterocycles. The van der Waals surface area contributed by atoms with Gasteiger partial charge in [-0.2, -0.15) is 0 Å². The fourth-order valence-corrected chi connectivity index (χ4v) is 7.08. The van der Waals surface area contributed by atoms with E-state index in [1.54, 1.807) is 60.7 Å². The molecule has 0 aromatic heterocycles. The van der Waals surface area contributed by atoms with E-state index in [1.165, 1.54) is 82.1 Å². The Morgan fingerprint density at radius 3 is 1.84 bits per heavy atom. The van der Waals surface area contributed by atoms with Gasteiger partial charge in [0.25, 0.3) is 5.91 Å². The van der Waals surface area contributed by atoms with Crippen LogP contribution >= 0.6 is 0 Å². The maximum Gasteiger partial charge on any atom is 0.338 e. The van der Waals surface area contributed by atoms with Crippen LogP contribution in [0.3, 0.4) is 0 Å². The van der Waals surface area contributed by atoms with Gasteiger partial charge < -0.3 is 14.8 Å². The number of ether oxygens (including phenoxy) is 2. The normalized spacial score (nSPS) is 15.1. The molecule has 9 heteroatoms. The van der Waals surface area contributed by atoms with Crippen molar-refractivity contribution in [3.63, 3.8) is 0 Å². The number of rotatable bonds is 26. The van der Waals surface area contributed by atoms with Crippen molar-refractivity contribution >= 4 is 35.2 Å². The Hall–Kier alpha value is -4.79. The largest absolute Gasteiger partial charge is 0.462 e. The van der Waals surface area contributed by atoms with Crippen LogP contribution in [0.1, 0.15) is 150 Å². The molecule has 0 aliphatic carbocycles. The molecule has 1 aliphatic heterocycles. The SMILES string of the molecule is CCCCCCCCCCCCCCOC(=O)c1cccc(OC(C(=O)Nc2ccccc2)(C(=O)c2ccccc2)N2C(=O)CC(CCCCCC)C2=O)c1. The van der Waals surface area contributed by atoms with E-state index in [9.17, 15) is 24.0 Å². The number of benzene rings is 3. The number of carbonyl (C=O) groups excluding carboxylic acids is 5. The maximum atomic E-state index is 14.7. The molecule has 2 unspecified atom stereocenters. The van der Waals surface area contributed by atoms with Crippen LogP contribution in [0.5, 0.6) is 5.75 Å². The number of esters is 1. The minimum absolute atomic E-state index is 0.0562. The monoisotopic (exact) mass is 752 g/mol. The lowest BCUT2D eigenvalue weighted by Crippen LogP contribution is -2.67. The zero-order valence-electron chi connectivity index (χ0n) is 32.9. The number of hydrogen-bond donors (Lipinski definition) is 1. The quantitative estimate of drug-likeness (QED) is 0.0285. The molecule has 296 valence electrons. The molecule has 55 heavy (non-hydrogen) atoms. The lowest BCUT2D eigenvalue weighted by atomic mass is 9.96. The lowest BCUT2D eigenvalue weighted by Gasteiger charge is -2.37. The number of unbranched alkanes of at least 4 members (excludes halogenated alkanes) is 14. The summed E-state index contributed by atoms with van der Waals surface area (Å²) in [6.45, 7) is 4.59. The van der Waals surface area contributed by atoms with Crippen molar-refractivity contribution < 1.29 is 33.4 Å². The van der Waals surface area contributed by atoms with E-state index in [0.29, 0.717) is 17.0 Å². The average molecular weight is 753 g/mol. The van der Waals surface area contributed by atoms with Crippen LogP contribution in [0.25, 0.3) is 0 Å². The van der Waals surface area contributed by atoms with Crippen LogP contribution in [0, 0.1) is 5.92 Å². The summed E-state index contributed by atoms with van der Waals surface area (Å²) in [6.07, 6.45) is 18.3. The predicted octanol–water partition coefficient (Wildman–Crippen LogP) is 10.5. The number of anilines is 1. The molecule has 1 aliphatic rings. The van der Waals surface area contributed by atoms with E-state index in [-0.39, 0.29) is 29.9 Å². The van der Waals surface area contributed by atoms with E-state index in [0.717, 1.165) is 44.9 Å². The fourth-order valence-electron chi connectivity index (χ4n) is 7.08. The molecule has 3 amide bonds. The van der Waals surface area contributed by atoms with Crippen molar-refractivity contribution in [3.8, 4) is 5.75 Å². The van der Waals surface area contributed by atoms with Crippen LogP contribution in [-0.4, -0.2) is 46.7 Å². The van der Waals surface area contributed by atoms with Crippen molar-refractivity contribution in [2.75, 3.05) is 11.9 Å². The van der Waals surface area contributed by atoms with Gasteiger partial charge in [0, 0.05) is 23.6 Å². The number of para-hydroxylation sites is 1. The number of nitrogens with one attached hydrogen (secondary N) is 1. The van der Waals surface area contributed by atoms with Crippen molar-refractivity contribution in [2.24, 2.45) is 5.92 Å². The van der Waals surface area contributed by atoms with Crippen molar-refractivity contribution in [1.29, 1.82) is 0 Å². The summed E-state index contributed by atoms with van der Waals surface area (Å²) in [4.78, 5) is 71.4. The van der Waals surface area contributed by atoms with Gasteiger partial charge in [-0.05, 0) is 43.2 Å². The number of ketones is 1. The topological polar surface area (TPSA) is 119 Å². The number of imide groups is 1. The molecule has 3 aromatic rings. The Balaban J connectivity index is 1.52. The summed E-state index contributed by atoms with van der Waals surface area (Å²) in [5.74, 6) is -4.58. The average Bonchev–Trinajstić information content (AvgIpc) is 3.49. The number of carbonyl (C=O) groups is 5. The molecule has 0 spiro atoms. The molecule has 3 aromatic carbocycles. The Morgan fingerprint density at radius 1 is 0.673 bits per heavy atom. The Bertz CT molecular complexity index is 1660. The van der Waals surface area contributed by atoms with Gasteiger partial charge in [-0.3, -0.25) is 19.2 Å². The molecule has 2 atom stereocenters. The van der Waals surface area contributed by atoms with Crippen LogP contribution in [0.15, 0.2) is 84.9 Å². The highest BCUT2D eigenvalue weighted by atomic mass is 16.5. The third-order valence-corrected chi connectivity index (χ3v) is 10.2. The molecule has 4 rings (SSSR count). The summed E-state index contributed by atoms with van der Waals surface area (Å²) < 4.78 is 12.0. The van der Waals surface area contributed by atoms with E-state index >= 15 is 0 Å². The minimum Gasteiger partial charge on any atom is -0.462 e. The molecule has 1 fully saturated rings. The highest BCUT2D eigenvalue weighted by Crippen LogP contribution is 2.36. The number of amides is 3. The van der Waals surface area contributed by atoms with Gasteiger partial charge in [-0.15, -0.1) is 0 Å². The van der Waals surface area contributed by atoms with Crippen molar-refractivity contribution in [3.05, 3.63) is 96.1 Å². The maximum absolute atomic E-state index is 14.7. The third kappa shape index (κ3) is 12.6. The summed E-state index contributed by atoms with van der Waals surface area (Å²) in [7, 11) is 0. The Kier molecular flexibility index (Phi) is 18.1. The van der Waals surface area contributed by atoms with Crippen LogP contribution < -0.4 is 10.1 Å². The summed E-state index contributed by atoms with van der Waals surface area (Å²) in [5, 5.41) is 2.73. The molecule has 0 saturated carbocycles. The van der Waals surface area contributed by atoms with Gasteiger partial charge in [0.1, 0.15) is 5.75 Å². The second-order valence-electron chi connectivity index (χ2n) is 14.6. The predicted molar refractivity (Wildman–Crippen MR) is 216 cm³/mol. The van der Waals surface area contributed by atoms with Crippen LogP contribution in [-0.2, 0) is 19.1 Å². The van der Waals surface area contributed by atoms with Gasteiger partial charge in [0.05, 0.1) is 12.2 Å². The zero-order valence-corrected chi connectivity index (χ0v) is 32.9. The van der Waals surface area contributed by atoms with Gasteiger partial charge in [0.15, 0.2) is 0 Å². The van der Waals surface area contributed by atoms with Crippen LogP contribution in [0.4, 0.5) is 5.69 Å². The van der Waals surface area contributed by atoms with E-state index in [1.807, 2.05) is 0 Å². The Morgan fingerprint density at radius 2 is 1.22 bits per heavy atom. The van der Waals surface area contributed by atoms with E-state index < -0.39 is 41.1 Å². The van der Waals surface area contributed by atoms with E-state index in [4.69, 9.17) is 9.47 Å². The van der Waals surface area contributed by atoms with E-state index in [2.05, 4.69) is 19.2 Å². The smallest absolute Gasteiger partial charge is 0.338 e. The number of likely N-dealkylation sites (tertiary alicyclic amines) is 1. The number of hydrogen-bond acceptors (Lipinski definition) is 7. The molecule has 9 nitrogen and oxygen atoms in total. The first-order valence-electron chi connectivity index (χ1n) is 20.6. The zero-order chi connectivity index (χ0) is 39.3. The van der Waals surface area contributed by atoms with Gasteiger partial charge in [0.2, 0.25) is 17.6 Å². The first-order valence-corrected chi connectivity index (χ1v) is 20.6. The molecular formula is C46H60N2O7. The molecule has 1 heterocycles. The van der Waals surface area contributed by atoms with Gasteiger partial charge in [-0.1, -0.05) is 165 Å². The van der Waals surface area contributed by atoms with Gasteiger partial charge in [-0.25, -0.2) is 9.69 Å². The first kappa shape index (κ1) is 42.9. The van der Waals surface area contributed by atoms with Crippen LogP contribution in [0.2, 0.25) is 0 Å². The highest BCUT2D eigenvalue weighted by molar-refractivity contribution is 6.25. The standard InChI is InChI=1S/C46H60N2O7/c1-3-5-7-9-10-11-12-13-14-15-16-24-33-54-44(52)38-29-25-32-40(34-38)55-46(42(50)36-26-20-17-21-27-36,45(53)47-39-30-22-18-23-31-39)48-41(49)35-37(43(48)51)28-19-8-6-4-2/h17-18,20-23,25-27,29-32,34,37H,3-16,19,24,28,33,35H2,1-2H3,(H,47,53). The molecule has 1 N–H and O–H groups in total. The Labute approximate surface area is 327 Å². The number of Topliss-reactive ketones (excluding diaryl/α,β-unsaturated/α-hetero) is 1. The minimum atomic E-state index is -2.76. The fraction of sp³-hybridized carbons (Fsp3) is 0.500. The molecule has 0 radical (unpaired) electrons. The van der Waals surface area contributed by atoms with Crippen molar-refractivity contribution in [1.82, 2.24) is 4.90 Å². The van der Waals surface area contributed by atoms with Crippen molar-refractivity contribution in [2.45, 2.75) is 135 Å². The first-order chi connectivity index (χ1) is 26.8. The summed E-state index contributed by atoms with van der Waals surface area (Å²) in [6, 6.07) is 22.4. The molecule has 0 bridgehead atoms. The van der Waals surface area contributed by atoms with Gasteiger partial charge >= 0.3 is 11.7 Å². The lowest BCUT2D eigenvalue weighted by molar-refractivity contribution is -0.163. The highest BCUT2D eigenvalue weighted by Gasteiger charge is 2.62. The summed E-state index contributed by atoms with van der Waals surface area (Å²) in [5.41, 5.74) is -2.21.